The van der Waals surface area contributed by atoms with E-state index < -0.39 is 30.1 Å². The lowest BCUT2D eigenvalue weighted by Gasteiger charge is -2.36. The van der Waals surface area contributed by atoms with E-state index in [0.717, 1.165) is 0 Å². The molecule has 6 rings (SSSR count). The van der Waals surface area contributed by atoms with Crippen molar-refractivity contribution in [2.75, 3.05) is 13.2 Å². The van der Waals surface area contributed by atoms with Crippen LogP contribution in [0.3, 0.4) is 0 Å². The SMILES string of the molecule is CCOC(=O)c1c(-c2ccc(F)cc2)c(-c2ccnc3c2cc(-c2ccccc2)n3S(=O)(=O)c2ccccc2)nn1CCCO[Si](C)(C)C(C)(C)C. The van der Waals surface area contributed by atoms with Crippen LogP contribution in [0.4, 0.5) is 4.39 Å². The first-order valence-corrected chi connectivity index (χ1v) is 21.6. The Labute approximate surface area is 305 Å². The fraction of sp³-hybridized carbons (Fsp3) is 0.275. The molecule has 0 saturated heterocycles. The number of carbonyl (C=O) groups excluding carboxylic acids is 1. The molecular formula is C40H43FN4O5SSi. The molecule has 3 aromatic heterocycles. The number of rotatable bonds is 12. The third kappa shape index (κ3) is 7.10. The summed E-state index contributed by atoms with van der Waals surface area (Å²) >= 11 is 0. The molecule has 3 heterocycles. The Bertz CT molecular complexity index is 2320. The van der Waals surface area contributed by atoms with E-state index in [-0.39, 0.29) is 27.9 Å². The van der Waals surface area contributed by atoms with Crippen molar-refractivity contribution in [2.24, 2.45) is 0 Å². The van der Waals surface area contributed by atoms with Crippen LogP contribution in [0.15, 0.2) is 108 Å². The molecule has 0 saturated carbocycles. The number of pyridine rings is 1. The van der Waals surface area contributed by atoms with E-state index in [1.54, 1.807) is 66.2 Å². The number of aromatic nitrogens is 4. The summed E-state index contributed by atoms with van der Waals surface area (Å²) in [6.07, 6.45) is 2.10. The zero-order chi connectivity index (χ0) is 37.3. The van der Waals surface area contributed by atoms with Gasteiger partial charge in [-0.2, -0.15) is 5.10 Å². The molecule has 3 aromatic carbocycles. The molecule has 12 heteroatoms. The summed E-state index contributed by atoms with van der Waals surface area (Å²) in [5, 5.41) is 5.58. The lowest BCUT2D eigenvalue weighted by atomic mass is 9.97. The summed E-state index contributed by atoms with van der Waals surface area (Å²) in [6, 6.07) is 26.8. The Morgan fingerprint density at radius 2 is 1.56 bits per heavy atom. The van der Waals surface area contributed by atoms with Crippen LogP contribution in [-0.4, -0.2) is 54.7 Å². The van der Waals surface area contributed by atoms with E-state index in [1.165, 1.54) is 22.3 Å². The predicted molar refractivity (Wildman–Crippen MR) is 205 cm³/mol. The number of esters is 1. The van der Waals surface area contributed by atoms with Gasteiger partial charge < -0.3 is 9.16 Å². The number of carbonyl (C=O) groups is 1. The second-order valence-electron chi connectivity index (χ2n) is 14.1. The Morgan fingerprint density at radius 1 is 0.904 bits per heavy atom. The van der Waals surface area contributed by atoms with E-state index in [9.17, 15) is 17.6 Å². The van der Waals surface area contributed by atoms with Crippen molar-refractivity contribution in [3.05, 3.63) is 115 Å². The summed E-state index contributed by atoms with van der Waals surface area (Å²) in [5.74, 6) is -1.01. The maximum Gasteiger partial charge on any atom is 0.357 e. The Morgan fingerprint density at radius 3 is 2.19 bits per heavy atom. The van der Waals surface area contributed by atoms with Crippen molar-refractivity contribution in [1.29, 1.82) is 0 Å². The number of aryl methyl sites for hydroxylation is 1. The third-order valence-electron chi connectivity index (χ3n) is 9.60. The Hall–Kier alpha value is -4.91. The minimum absolute atomic E-state index is 0.0352. The number of halogens is 1. The molecule has 0 N–H and O–H groups in total. The number of hydrogen-bond acceptors (Lipinski definition) is 7. The molecular weight excluding hydrogens is 696 g/mol. The topological polar surface area (TPSA) is 105 Å². The number of ether oxygens (including phenoxy) is 1. The van der Waals surface area contributed by atoms with E-state index in [1.807, 2.05) is 30.3 Å². The average Bonchev–Trinajstić information content (AvgIpc) is 3.71. The minimum Gasteiger partial charge on any atom is -0.461 e. The largest absolute Gasteiger partial charge is 0.461 e. The molecule has 0 aliphatic carbocycles. The van der Waals surface area contributed by atoms with Crippen LogP contribution in [0.1, 0.15) is 44.6 Å². The van der Waals surface area contributed by atoms with E-state index in [2.05, 4.69) is 38.8 Å². The molecule has 0 amide bonds. The lowest BCUT2D eigenvalue weighted by Crippen LogP contribution is -2.41. The normalized spacial score (nSPS) is 12.4. The quantitative estimate of drug-likeness (QED) is 0.0701. The number of fused-ring (bicyclic) bond motifs is 1. The molecule has 0 aliphatic rings. The summed E-state index contributed by atoms with van der Waals surface area (Å²) in [5.41, 5.74) is 3.43. The van der Waals surface area contributed by atoms with Crippen molar-refractivity contribution < 1.29 is 26.8 Å². The highest BCUT2D eigenvalue weighted by molar-refractivity contribution is 7.90. The zero-order valence-corrected chi connectivity index (χ0v) is 32.1. The summed E-state index contributed by atoms with van der Waals surface area (Å²) in [6.45, 7) is 13.6. The van der Waals surface area contributed by atoms with Gasteiger partial charge in [0.1, 0.15) is 11.5 Å². The maximum absolute atomic E-state index is 14.4. The standard InChI is InChI=1S/C40H43FN4O5SSi/c1-7-49-39(46)37-35(29-19-21-30(41)22-20-29)36(43-44(37)25-14-26-50-52(5,6)40(2,3)4)32-23-24-42-38-33(32)27-34(28-15-10-8-11-16-28)45(38)51(47,48)31-17-12-9-13-18-31/h8-13,15-24,27H,7,14,25-26H2,1-6H3. The first kappa shape index (κ1) is 36.9. The van der Waals surface area contributed by atoms with Gasteiger partial charge in [0.2, 0.25) is 0 Å². The molecule has 0 bridgehead atoms. The molecule has 6 aromatic rings. The average molecular weight is 739 g/mol. The molecule has 270 valence electrons. The van der Waals surface area contributed by atoms with Crippen LogP contribution in [0, 0.1) is 5.82 Å². The number of benzene rings is 3. The van der Waals surface area contributed by atoms with Gasteiger partial charge in [-0.15, -0.1) is 0 Å². The van der Waals surface area contributed by atoms with Gasteiger partial charge in [-0.3, -0.25) is 4.68 Å². The molecule has 0 atom stereocenters. The molecule has 0 fully saturated rings. The van der Waals surface area contributed by atoms with Crippen LogP contribution in [0.2, 0.25) is 18.1 Å². The Balaban J connectivity index is 1.59. The smallest absolute Gasteiger partial charge is 0.357 e. The van der Waals surface area contributed by atoms with Gasteiger partial charge in [-0.1, -0.05) is 81.4 Å². The Kier molecular flexibility index (Phi) is 10.4. The summed E-state index contributed by atoms with van der Waals surface area (Å²) < 4.78 is 57.9. The van der Waals surface area contributed by atoms with Gasteiger partial charge >= 0.3 is 5.97 Å². The van der Waals surface area contributed by atoms with Crippen LogP contribution >= 0.6 is 0 Å². The van der Waals surface area contributed by atoms with Gasteiger partial charge in [0.05, 0.1) is 17.2 Å². The third-order valence-corrected chi connectivity index (χ3v) is 15.9. The van der Waals surface area contributed by atoms with Crippen molar-refractivity contribution in [3.8, 4) is 33.6 Å². The van der Waals surface area contributed by atoms with Crippen LogP contribution in [-0.2, 0) is 25.7 Å². The molecule has 52 heavy (non-hydrogen) atoms. The summed E-state index contributed by atoms with van der Waals surface area (Å²) in [4.78, 5) is 18.5. The highest BCUT2D eigenvalue weighted by atomic mass is 32.2. The molecule has 9 nitrogen and oxygen atoms in total. The molecule has 0 radical (unpaired) electrons. The van der Waals surface area contributed by atoms with Crippen LogP contribution < -0.4 is 0 Å². The van der Waals surface area contributed by atoms with Crippen LogP contribution in [0.25, 0.3) is 44.7 Å². The van der Waals surface area contributed by atoms with E-state index in [4.69, 9.17) is 14.3 Å². The van der Waals surface area contributed by atoms with E-state index >= 15 is 0 Å². The predicted octanol–water partition coefficient (Wildman–Crippen LogP) is 9.20. The van der Waals surface area contributed by atoms with Crippen molar-refractivity contribution >= 4 is 35.3 Å². The lowest BCUT2D eigenvalue weighted by molar-refractivity contribution is 0.0512. The molecule has 0 spiro atoms. The van der Waals surface area contributed by atoms with Gasteiger partial charge in [0.25, 0.3) is 10.0 Å². The highest BCUT2D eigenvalue weighted by Gasteiger charge is 2.37. The van der Waals surface area contributed by atoms with Crippen molar-refractivity contribution in [1.82, 2.24) is 18.7 Å². The molecule has 0 aliphatic heterocycles. The fourth-order valence-corrected chi connectivity index (χ4v) is 8.49. The first-order valence-electron chi connectivity index (χ1n) is 17.3. The maximum atomic E-state index is 14.4. The first-order chi connectivity index (χ1) is 24.7. The summed E-state index contributed by atoms with van der Waals surface area (Å²) in [7, 11) is -6.15. The zero-order valence-electron chi connectivity index (χ0n) is 30.3. The minimum atomic E-state index is -4.13. The van der Waals surface area contributed by atoms with Gasteiger partial charge in [-0.05, 0) is 79.0 Å². The van der Waals surface area contributed by atoms with Crippen LogP contribution in [0.5, 0.6) is 0 Å². The van der Waals surface area contributed by atoms with Crippen molar-refractivity contribution in [2.45, 2.75) is 63.7 Å². The number of nitrogens with zero attached hydrogens (tertiary/aromatic N) is 4. The number of hydrogen-bond donors (Lipinski definition) is 0. The van der Waals surface area contributed by atoms with Gasteiger partial charge in [-0.25, -0.2) is 26.6 Å². The second-order valence-corrected chi connectivity index (χ2v) is 20.7. The monoisotopic (exact) mass is 738 g/mol. The van der Waals surface area contributed by atoms with E-state index in [0.29, 0.717) is 58.6 Å². The fourth-order valence-electron chi connectivity index (χ4n) is 5.90. The molecule has 0 unspecified atom stereocenters. The van der Waals surface area contributed by atoms with Crippen molar-refractivity contribution in [3.63, 3.8) is 0 Å². The highest BCUT2D eigenvalue weighted by Crippen LogP contribution is 2.41. The van der Waals surface area contributed by atoms with Gasteiger partial charge in [0, 0.05) is 35.9 Å². The second kappa shape index (κ2) is 14.6. The van der Waals surface area contributed by atoms with Gasteiger partial charge in [0.15, 0.2) is 19.7 Å².